The molecule has 148 valence electrons. The highest BCUT2D eigenvalue weighted by molar-refractivity contribution is 7.20. The van der Waals surface area contributed by atoms with Gasteiger partial charge in [-0.25, -0.2) is 4.39 Å². The number of rotatable bonds is 6. The molecule has 0 atom stereocenters. The van der Waals surface area contributed by atoms with Crippen molar-refractivity contribution in [3.05, 3.63) is 82.1 Å². The van der Waals surface area contributed by atoms with Crippen molar-refractivity contribution in [2.45, 2.75) is 20.0 Å². The van der Waals surface area contributed by atoms with Crippen LogP contribution in [0.4, 0.5) is 4.39 Å². The highest BCUT2D eigenvalue weighted by Gasteiger charge is 2.16. The third-order valence-corrected chi connectivity index (χ3v) is 5.81. The Morgan fingerprint density at radius 2 is 1.97 bits per heavy atom. The summed E-state index contributed by atoms with van der Waals surface area (Å²) in [5, 5.41) is 8.49. The SMILES string of the molecule is COc1cccc(CNC(=O)c2cc3c(C)nn(Cc4ccc(F)cc4)c3s2)c1. The average Bonchev–Trinajstić information content (AvgIpc) is 3.29. The summed E-state index contributed by atoms with van der Waals surface area (Å²) in [6.07, 6.45) is 0. The Kier molecular flexibility index (Phi) is 5.31. The normalized spacial score (nSPS) is 11.0. The molecule has 2 aromatic heterocycles. The summed E-state index contributed by atoms with van der Waals surface area (Å²) in [5.74, 6) is 0.374. The second-order valence-electron chi connectivity index (χ2n) is 6.73. The average molecular weight is 409 g/mol. The molecule has 5 nitrogen and oxygen atoms in total. The summed E-state index contributed by atoms with van der Waals surface area (Å²) in [5.41, 5.74) is 2.79. The fourth-order valence-electron chi connectivity index (χ4n) is 3.15. The van der Waals surface area contributed by atoms with E-state index in [-0.39, 0.29) is 11.7 Å². The van der Waals surface area contributed by atoms with Crippen molar-refractivity contribution in [1.29, 1.82) is 0 Å². The van der Waals surface area contributed by atoms with E-state index in [2.05, 4.69) is 10.4 Å². The Balaban J connectivity index is 1.52. The lowest BCUT2D eigenvalue weighted by molar-refractivity contribution is 0.0955. The number of hydrogen-bond acceptors (Lipinski definition) is 4. The Morgan fingerprint density at radius 3 is 2.72 bits per heavy atom. The maximum absolute atomic E-state index is 13.1. The first-order valence-corrected chi connectivity index (χ1v) is 9.97. The lowest BCUT2D eigenvalue weighted by Gasteiger charge is -2.06. The number of ether oxygens (including phenoxy) is 1. The number of halogens is 1. The standard InChI is InChI=1S/C22H20FN3O2S/c1-14-19-11-20(21(27)24-12-16-4-3-5-18(10-16)28-2)29-22(19)26(25-14)13-15-6-8-17(23)9-7-15/h3-11H,12-13H2,1-2H3,(H,24,27). The first kappa shape index (κ1) is 19.1. The second-order valence-corrected chi connectivity index (χ2v) is 7.76. The maximum atomic E-state index is 13.1. The number of amides is 1. The zero-order valence-corrected chi connectivity index (χ0v) is 16.9. The number of hydrogen-bond donors (Lipinski definition) is 1. The molecule has 29 heavy (non-hydrogen) atoms. The van der Waals surface area contributed by atoms with Gasteiger partial charge >= 0.3 is 0 Å². The molecule has 2 aromatic carbocycles. The number of aromatic nitrogens is 2. The van der Waals surface area contributed by atoms with Crippen molar-refractivity contribution < 1.29 is 13.9 Å². The van der Waals surface area contributed by atoms with Crippen molar-refractivity contribution in [1.82, 2.24) is 15.1 Å². The van der Waals surface area contributed by atoms with Crippen molar-refractivity contribution >= 4 is 27.5 Å². The number of nitrogens with zero attached hydrogens (tertiary/aromatic N) is 2. The number of thiophene rings is 1. The van der Waals surface area contributed by atoms with Crippen LogP contribution in [0.5, 0.6) is 5.75 Å². The van der Waals surface area contributed by atoms with Gasteiger partial charge in [0.2, 0.25) is 0 Å². The van der Waals surface area contributed by atoms with Crippen LogP contribution in [0.1, 0.15) is 26.5 Å². The van der Waals surface area contributed by atoms with Crippen LogP contribution in [0.3, 0.4) is 0 Å². The summed E-state index contributed by atoms with van der Waals surface area (Å²) in [6, 6.07) is 15.9. The third kappa shape index (κ3) is 4.14. The van der Waals surface area contributed by atoms with Crippen LogP contribution in [0.2, 0.25) is 0 Å². The van der Waals surface area contributed by atoms with Crippen LogP contribution in [-0.2, 0) is 13.1 Å². The lowest BCUT2D eigenvalue weighted by Crippen LogP contribution is -2.21. The largest absolute Gasteiger partial charge is 0.497 e. The molecule has 0 saturated carbocycles. The highest BCUT2D eigenvalue weighted by atomic mass is 32.1. The lowest BCUT2D eigenvalue weighted by atomic mass is 10.2. The van der Waals surface area contributed by atoms with Crippen LogP contribution in [0.15, 0.2) is 54.6 Å². The minimum absolute atomic E-state index is 0.123. The Bertz CT molecular complexity index is 1160. The minimum Gasteiger partial charge on any atom is -0.497 e. The molecule has 4 aromatic rings. The fourth-order valence-corrected chi connectivity index (χ4v) is 4.22. The van der Waals surface area contributed by atoms with Gasteiger partial charge in [0.15, 0.2) is 0 Å². The quantitative estimate of drug-likeness (QED) is 0.509. The molecule has 0 saturated heterocycles. The summed E-state index contributed by atoms with van der Waals surface area (Å²) in [6.45, 7) is 2.87. The molecule has 0 aliphatic rings. The summed E-state index contributed by atoms with van der Waals surface area (Å²) in [7, 11) is 1.62. The second kappa shape index (κ2) is 8.05. The van der Waals surface area contributed by atoms with Gasteiger partial charge in [-0.2, -0.15) is 5.10 Å². The zero-order chi connectivity index (χ0) is 20.4. The molecule has 0 unspecified atom stereocenters. The van der Waals surface area contributed by atoms with Gasteiger partial charge in [-0.1, -0.05) is 24.3 Å². The predicted octanol–water partition coefficient (Wildman–Crippen LogP) is 4.53. The van der Waals surface area contributed by atoms with E-state index < -0.39 is 0 Å². The van der Waals surface area contributed by atoms with Crippen LogP contribution in [0.25, 0.3) is 10.2 Å². The minimum atomic E-state index is -0.262. The molecule has 0 aliphatic carbocycles. The molecule has 0 fully saturated rings. The van der Waals surface area contributed by atoms with E-state index in [4.69, 9.17) is 4.74 Å². The summed E-state index contributed by atoms with van der Waals surface area (Å²) >= 11 is 1.41. The van der Waals surface area contributed by atoms with Gasteiger partial charge in [-0.15, -0.1) is 11.3 Å². The molecule has 2 heterocycles. The van der Waals surface area contributed by atoms with Gasteiger partial charge in [0, 0.05) is 11.9 Å². The Labute approximate surface area is 171 Å². The number of aryl methyl sites for hydroxylation is 1. The number of benzene rings is 2. The molecule has 1 amide bonds. The molecule has 1 N–H and O–H groups in total. The number of nitrogens with one attached hydrogen (secondary N) is 1. The number of fused-ring (bicyclic) bond motifs is 1. The predicted molar refractivity (Wildman–Crippen MR) is 112 cm³/mol. The number of carbonyl (C=O) groups is 1. The maximum Gasteiger partial charge on any atom is 0.261 e. The van der Waals surface area contributed by atoms with Gasteiger partial charge in [-0.3, -0.25) is 9.48 Å². The first-order chi connectivity index (χ1) is 14.0. The van der Waals surface area contributed by atoms with E-state index in [1.54, 1.807) is 19.2 Å². The van der Waals surface area contributed by atoms with Crippen LogP contribution >= 0.6 is 11.3 Å². The summed E-state index contributed by atoms with van der Waals surface area (Å²) < 4.78 is 20.2. The van der Waals surface area contributed by atoms with Crippen molar-refractivity contribution in [3.63, 3.8) is 0 Å². The molecule has 0 radical (unpaired) electrons. The highest BCUT2D eigenvalue weighted by Crippen LogP contribution is 2.29. The molecule has 0 spiro atoms. The zero-order valence-electron chi connectivity index (χ0n) is 16.1. The Morgan fingerprint density at radius 1 is 1.17 bits per heavy atom. The van der Waals surface area contributed by atoms with Crippen molar-refractivity contribution in [2.24, 2.45) is 0 Å². The van der Waals surface area contributed by atoms with Gasteiger partial charge < -0.3 is 10.1 Å². The van der Waals surface area contributed by atoms with Crippen LogP contribution in [0, 0.1) is 12.7 Å². The summed E-state index contributed by atoms with van der Waals surface area (Å²) in [4.78, 5) is 14.2. The molecule has 7 heteroatoms. The topological polar surface area (TPSA) is 56.1 Å². The monoisotopic (exact) mass is 409 g/mol. The smallest absolute Gasteiger partial charge is 0.261 e. The molecule has 4 rings (SSSR count). The van der Waals surface area contributed by atoms with Crippen molar-refractivity contribution in [2.75, 3.05) is 7.11 Å². The van der Waals surface area contributed by atoms with E-state index in [9.17, 15) is 9.18 Å². The molecular weight excluding hydrogens is 389 g/mol. The fraction of sp³-hybridized carbons (Fsp3) is 0.182. The van der Waals surface area contributed by atoms with E-state index in [0.717, 1.165) is 32.8 Å². The third-order valence-electron chi connectivity index (χ3n) is 4.66. The van der Waals surface area contributed by atoms with Crippen LogP contribution < -0.4 is 10.1 Å². The Hall–Kier alpha value is -3.19. The van der Waals surface area contributed by atoms with Crippen LogP contribution in [-0.4, -0.2) is 22.8 Å². The van der Waals surface area contributed by atoms with Gasteiger partial charge in [0.05, 0.1) is 24.2 Å². The van der Waals surface area contributed by atoms with Crippen molar-refractivity contribution in [3.8, 4) is 5.75 Å². The number of carbonyl (C=O) groups excluding carboxylic acids is 1. The van der Waals surface area contributed by atoms with Gasteiger partial charge in [-0.05, 0) is 48.4 Å². The van der Waals surface area contributed by atoms with Gasteiger partial charge in [0.25, 0.3) is 5.91 Å². The molecular formula is C22H20FN3O2S. The first-order valence-electron chi connectivity index (χ1n) is 9.16. The van der Waals surface area contributed by atoms with E-state index in [1.807, 2.05) is 41.9 Å². The molecule has 0 bridgehead atoms. The van der Waals surface area contributed by atoms with Gasteiger partial charge in [0.1, 0.15) is 16.4 Å². The van der Waals surface area contributed by atoms with E-state index in [1.165, 1.54) is 23.5 Å². The molecule has 0 aliphatic heterocycles. The number of methoxy groups -OCH3 is 1. The van der Waals surface area contributed by atoms with E-state index in [0.29, 0.717) is 18.0 Å². The van der Waals surface area contributed by atoms with E-state index >= 15 is 0 Å².